The van der Waals surface area contributed by atoms with E-state index >= 15 is 0 Å². The molecule has 0 fully saturated rings. The first-order chi connectivity index (χ1) is 9.11. The van der Waals surface area contributed by atoms with Gasteiger partial charge in [-0.3, -0.25) is 0 Å². The van der Waals surface area contributed by atoms with Gasteiger partial charge in [0.15, 0.2) is 0 Å². The molecule has 0 spiro atoms. The fourth-order valence-electron chi connectivity index (χ4n) is 1.69. The fraction of sp³-hybridized carbons (Fsp3) is 0.231. The van der Waals surface area contributed by atoms with Crippen LogP contribution in [0.15, 0.2) is 24.5 Å². The normalized spacial score (nSPS) is 10.5. The molecule has 3 nitrogen and oxygen atoms in total. The van der Waals surface area contributed by atoms with Gasteiger partial charge < -0.3 is 5.32 Å². The molecule has 0 atom stereocenters. The molecule has 0 saturated heterocycles. The molecule has 6 heteroatoms. The molecular weight excluding hydrogens is 288 g/mol. The maximum atomic E-state index is 13.7. The second kappa shape index (κ2) is 6.17. The number of nitrogens with one attached hydrogen (secondary N) is 1. The Morgan fingerprint density at radius 2 is 2.05 bits per heavy atom. The van der Waals surface area contributed by atoms with Gasteiger partial charge in [0, 0.05) is 10.6 Å². The van der Waals surface area contributed by atoms with Crippen LogP contribution in [0.1, 0.15) is 18.9 Å². The van der Waals surface area contributed by atoms with Gasteiger partial charge in [-0.05, 0) is 24.6 Å². The Morgan fingerprint density at radius 1 is 1.26 bits per heavy atom. The topological polar surface area (TPSA) is 37.8 Å². The smallest absolute Gasteiger partial charge is 0.148 e. The quantitative estimate of drug-likeness (QED) is 0.837. The largest absolute Gasteiger partial charge is 0.337 e. The molecule has 0 unspecified atom stereocenters. The van der Waals surface area contributed by atoms with Gasteiger partial charge in [-0.25, -0.2) is 14.4 Å². The average molecular weight is 300 g/mol. The molecule has 1 aromatic heterocycles. The molecule has 0 aliphatic heterocycles. The Labute approximate surface area is 120 Å². The minimum absolute atomic E-state index is 0.302. The van der Waals surface area contributed by atoms with E-state index in [9.17, 15) is 4.39 Å². The number of nitrogens with zero attached hydrogens (tertiary/aromatic N) is 2. The summed E-state index contributed by atoms with van der Waals surface area (Å²) < 4.78 is 13.7. The van der Waals surface area contributed by atoms with Gasteiger partial charge in [-0.2, -0.15) is 0 Å². The lowest BCUT2D eigenvalue weighted by Gasteiger charge is -2.11. The van der Waals surface area contributed by atoms with Crippen LogP contribution < -0.4 is 5.32 Å². The van der Waals surface area contributed by atoms with Crippen LogP contribution in [-0.4, -0.2) is 9.97 Å². The van der Waals surface area contributed by atoms with Gasteiger partial charge in [0.1, 0.15) is 23.1 Å². The first kappa shape index (κ1) is 14.0. The third-order valence-corrected chi connectivity index (χ3v) is 3.14. The first-order valence-corrected chi connectivity index (χ1v) is 6.59. The molecule has 0 aliphatic carbocycles. The Morgan fingerprint density at radius 3 is 2.74 bits per heavy atom. The highest BCUT2D eigenvalue weighted by Crippen LogP contribution is 2.27. The van der Waals surface area contributed by atoms with Gasteiger partial charge in [0.2, 0.25) is 0 Å². The summed E-state index contributed by atoms with van der Waals surface area (Å²) in [6, 6.07) is 4.41. The van der Waals surface area contributed by atoms with E-state index in [0.29, 0.717) is 21.7 Å². The van der Waals surface area contributed by atoms with Crippen molar-refractivity contribution in [1.29, 1.82) is 0 Å². The van der Waals surface area contributed by atoms with Crippen molar-refractivity contribution < 1.29 is 4.39 Å². The number of hydrogen-bond donors (Lipinski definition) is 1. The fourth-order valence-corrected chi connectivity index (χ4v) is 2.07. The molecule has 1 N–H and O–H groups in total. The van der Waals surface area contributed by atoms with Crippen molar-refractivity contribution >= 4 is 34.7 Å². The van der Waals surface area contributed by atoms with Gasteiger partial charge in [0.25, 0.3) is 0 Å². The molecular formula is C13H12Cl2FN3. The highest BCUT2D eigenvalue weighted by atomic mass is 35.5. The molecule has 0 saturated carbocycles. The van der Waals surface area contributed by atoms with Crippen LogP contribution >= 0.6 is 23.2 Å². The van der Waals surface area contributed by atoms with Crippen molar-refractivity contribution in [2.24, 2.45) is 0 Å². The van der Waals surface area contributed by atoms with Crippen LogP contribution in [0, 0.1) is 5.82 Å². The number of benzene rings is 1. The zero-order chi connectivity index (χ0) is 13.8. The standard InChI is InChI=1S/C13H12Cl2FN3/c1-2-3-9-12(15)17-7-18-13(9)19-11-5-4-8(14)6-10(11)16/h4-7H,2-3H2,1H3,(H,17,18,19). The Kier molecular flexibility index (Phi) is 4.56. The number of halogens is 3. The molecule has 19 heavy (non-hydrogen) atoms. The Bertz CT molecular complexity index is 590. The monoisotopic (exact) mass is 299 g/mol. The van der Waals surface area contributed by atoms with Crippen LogP contribution in [-0.2, 0) is 6.42 Å². The van der Waals surface area contributed by atoms with Crippen molar-refractivity contribution in [3.05, 3.63) is 46.1 Å². The first-order valence-electron chi connectivity index (χ1n) is 5.83. The minimum Gasteiger partial charge on any atom is -0.337 e. The Hall–Kier alpha value is -1.39. The van der Waals surface area contributed by atoms with E-state index in [1.54, 1.807) is 12.1 Å². The Balaban J connectivity index is 2.35. The molecule has 0 amide bonds. The van der Waals surface area contributed by atoms with Crippen LogP contribution in [0.25, 0.3) is 0 Å². The van der Waals surface area contributed by atoms with E-state index in [1.165, 1.54) is 12.4 Å². The van der Waals surface area contributed by atoms with E-state index in [0.717, 1.165) is 18.4 Å². The highest BCUT2D eigenvalue weighted by Gasteiger charge is 2.11. The summed E-state index contributed by atoms with van der Waals surface area (Å²) in [5.74, 6) is 0.0766. The van der Waals surface area contributed by atoms with Crippen molar-refractivity contribution in [3.8, 4) is 0 Å². The highest BCUT2D eigenvalue weighted by molar-refractivity contribution is 6.31. The summed E-state index contributed by atoms with van der Waals surface area (Å²) in [5.41, 5.74) is 1.08. The predicted octanol–water partition coefficient (Wildman–Crippen LogP) is 4.62. The van der Waals surface area contributed by atoms with Gasteiger partial charge >= 0.3 is 0 Å². The lowest BCUT2D eigenvalue weighted by atomic mass is 10.2. The van der Waals surface area contributed by atoms with Crippen LogP contribution in [0.4, 0.5) is 15.9 Å². The third kappa shape index (κ3) is 3.33. The van der Waals surface area contributed by atoms with E-state index in [-0.39, 0.29) is 0 Å². The van der Waals surface area contributed by atoms with Crippen molar-refractivity contribution in [1.82, 2.24) is 9.97 Å². The number of hydrogen-bond acceptors (Lipinski definition) is 3. The summed E-state index contributed by atoms with van der Waals surface area (Å²) in [7, 11) is 0. The summed E-state index contributed by atoms with van der Waals surface area (Å²) >= 11 is 11.7. The molecule has 0 aliphatic rings. The summed E-state index contributed by atoms with van der Waals surface area (Å²) in [6.07, 6.45) is 2.96. The average Bonchev–Trinajstić information content (AvgIpc) is 2.37. The zero-order valence-electron chi connectivity index (χ0n) is 10.3. The zero-order valence-corrected chi connectivity index (χ0v) is 11.8. The lowest BCUT2D eigenvalue weighted by Crippen LogP contribution is -2.02. The van der Waals surface area contributed by atoms with Crippen molar-refractivity contribution in [2.75, 3.05) is 5.32 Å². The summed E-state index contributed by atoms with van der Waals surface area (Å²) in [4.78, 5) is 8.05. The third-order valence-electron chi connectivity index (χ3n) is 2.58. The second-order valence-electron chi connectivity index (χ2n) is 3.99. The predicted molar refractivity (Wildman–Crippen MR) is 75.7 cm³/mol. The van der Waals surface area contributed by atoms with Crippen LogP contribution in [0.3, 0.4) is 0 Å². The van der Waals surface area contributed by atoms with Crippen molar-refractivity contribution in [3.63, 3.8) is 0 Å². The molecule has 2 rings (SSSR count). The number of rotatable bonds is 4. The van der Waals surface area contributed by atoms with Crippen LogP contribution in [0.5, 0.6) is 0 Å². The summed E-state index contributed by atoms with van der Waals surface area (Å²) in [6.45, 7) is 2.02. The van der Waals surface area contributed by atoms with E-state index in [4.69, 9.17) is 23.2 Å². The number of aromatic nitrogens is 2. The molecule has 2 aromatic rings. The summed E-state index contributed by atoms with van der Waals surface area (Å²) in [5, 5.41) is 3.65. The number of anilines is 2. The molecule has 100 valence electrons. The van der Waals surface area contributed by atoms with E-state index in [2.05, 4.69) is 15.3 Å². The maximum absolute atomic E-state index is 13.7. The van der Waals surface area contributed by atoms with Gasteiger partial charge in [-0.15, -0.1) is 0 Å². The molecule has 0 radical (unpaired) electrons. The SMILES string of the molecule is CCCc1c(Cl)ncnc1Nc1ccc(Cl)cc1F. The second-order valence-corrected chi connectivity index (χ2v) is 4.79. The van der Waals surface area contributed by atoms with E-state index < -0.39 is 5.82 Å². The van der Waals surface area contributed by atoms with Gasteiger partial charge in [-0.1, -0.05) is 36.5 Å². The molecule has 1 heterocycles. The maximum Gasteiger partial charge on any atom is 0.148 e. The van der Waals surface area contributed by atoms with Crippen molar-refractivity contribution in [2.45, 2.75) is 19.8 Å². The minimum atomic E-state index is -0.440. The molecule has 0 bridgehead atoms. The van der Waals surface area contributed by atoms with E-state index in [1.807, 2.05) is 6.92 Å². The molecule has 1 aromatic carbocycles. The van der Waals surface area contributed by atoms with Crippen LogP contribution in [0.2, 0.25) is 10.2 Å². The van der Waals surface area contributed by atoms with Gasteiger partial charge in [0.05, 0.1) is 5.69 Å². The lowest BCUT2D eigenvalue weighted by molar-refractivity contribution is 0.632.